The van der Waals surface area contributed by atoms with Gasteiger partial charge in [0.1, 0.15) is 0 Å². The van der Waals surface area contributed by atoms with Crippen molar-refractivity contribution in [3.05, 3.63) is 71.4 Å². The highest BCUT2D eigenvalue weighted by atomic mass is 16.3. The van der Waals surface area contributed by atoms with E-state index in [4.69, 9.17) is 4.42 Å². The molecule has 144 valence electrons. The van der Waals surface area contributed by atoms with Crippen molar-refractivity contribution < 1.29 is 4.42 Å². The van der Waals surface area contributed by atoms with Gasteiger partial charge in [0.15, 0.2) is 5.58 Å². The number of hydrogen-bond acceptors (Lipinski definition) is 3. The van der Waals surface area contributed by atoms with Gasteiger partial charge in [0.05, 0.1) is 11.2 Å². The molecule has 3 nitrogen and oxygen atoms in total. The van der Waals surface area contributed by atoms with E-state index in [0.717, 1.165) is 16.7 Å². The van der Waals surface area contributed by atoms with Crippen LogP contribution in [0.1, 0.15) is 49.3 Å². The summed E-state index contributed by atoms with van der Waals surface area (Å²) in [7, 11) is 0. The molecular weight excluding hydrogens is 356 g/mol. The van der Waals surface area contributed by atoms with Crippen molar-refractivity contribution in [3.63, 3.8) is 0 Å². The summed E-state index contributed by atoms with van der Waals surface area (Å²) in [4.78, 5) is 7.25. The van der Waals surface area contributed by atoms with Gasteiger partial charge in [-0.05, 0) is 68.4 Å². The number of aromatic nitrogens is 1. The molecule has 3 fully saturated rings. The number of pyridine rings is 1. The van der Waals surface area contributed by atoms with Gasteiger partial charge in [-0.2, -0.15) is 0 Å². The summed E-state index contributed by atoms with van der Waals surface area (Å²) in [6.45, 7) is 4.68. The van der Waals surface area contributed by atoms with Crippen LogP contribution in [-0.4, -0.2) is 11.0 Å². The molecule has 0 N–H and O–H groups in total. The summed E-state index contributed by atoms with van der Waals surface area (Å²) >= 11 is 0. The Morgan fingerprint density at radius 2 is 1.72 bits per heavy atom. The Hall–Kier alpha value is -2.81. The molecule has 1 unspecified atom stereocenters. The lowest BCUT2D eigenvalue weighted by molar-refractivity contribution is 0.0556. The molecule has 0 radical (unpaired) electrons. The largest absolute Gasteiger partial charge is 0.436 e. The van der Waals surface area contributed by atoms with Crippen LogP contribution in [0.5, 0.6) is 0 Å². The van der Waals surface area contributed by atoms with Gasteiger partial charge in [-0.3, -0.25) is 0 Å². The molecule has 2 aromatic carbocycles. The molecule has 2 bridgehead atoms. The monoisotopic (exact) mass is 380 g/mol. The van der Waals surface area contributed by atoms with Gasteiger partial charge in [-0.1, -0.05) is 36.4 Å². The summed E-state index contributed by atoms with van der Waals surface area (Å²) < 4.78 is 6.41. The van der Waals surface area contributed by atoms with E-state index in [0.29, 0.717) is 6.04 Å². The molecule has 1 saturated carbocycles. The minimum atomic E-state index is 0.0848. The van der Waals surface area contributed by atoms with E-state index < -0.39 is 0 Å². The Morgan fingerprint density at radius 1 is 0.931 bits per heavy atom. The molecule has 2 saturated heterocycles. The maximum Gasteiger partial charge on any atom is 0.227 e. The average Bonchev–Trinajstić information content (AvgIpc) is 3.14. The minimum absolute atomic E-state index is 0.0848. The number of hydrogen-bond donors (Lipinski definition) is 0. The second-order valence-electron chi connectivity index (χ2n) is 9.35. The smallest absolute Gasteiger partial charge is 0.227 e. The van der Waals surface area contributed by atoms with Crippen LogP contribution < -0.4 is 4.90 Å². The molecule has 29 heavy (non-hydrogen) atoms. The van der Waals surface area contributed by atoms with E-state index in [-0.39, 0.29) is 11.0 Å². The van der Waals surface area contributed by atoms with Crippen LogP contribution in [0.2, 0.25) is 0 Å². The lowest BCUT2D eigenvalue weighted by Gasteiger charge is -2.70. The number of furan rings is 1. The highest BCUT2D eigenvalue weighted by Crippen LogP contribution is 2.67. The zero-order valence-corrected chi connectivity index (χ0v) is 16.9. The topological polar surface area (TPSA) is 29.3 Å². The van der Waals surface area contributed by atoms with Crippen molar-refractivity contribution in [2.75, 3.05) is 4.90 Å². The molecule has 10 rings (SSSR count). The first-order valence-corrected chi connectivity index (χ1v) is 10.8. The summed E-state index contributed by atoms with van der Waals surface area (Å²) in [5.41, 5.74) is 7.84. The molecule has 0 spiro atoms. The fraction of sp³-hybridized carbons (Fsp3) is 0.346. The van der Waals surface area contributed by atoms with Gasteiger partial charge in [0, 0.05) is 28.4 Å². The van der Waals surface area contributed by atoms with E-state index in [1.165, 1.54) is 42.3 Å². The fourth-order valence-electron chi connectivity index (χ4n) is 7.07. The van der Waals surface area contributed by atoms with Crippen LogP contribution in [0, 0.1) is 6.92 Å². The summed E-state index contributed by atoms with van der Waals surface area (Å²) in [5, 5.41) is 2.29. The first-order valence-electron chi connectivity index (χ1n) is 10.8. The second-order valence-corrected chi connectivity index (χ2v) is 9.35. The Bertz CT molecular complexity index is 1310. The maximum absolute atomic E-state index is 6.41. The zero-order valence-electron chi connectivity index (χ0n) is 16.9. The van der Waals surface area contributed by atoms with Gasteiger partial charge in [0.25, 0.3) is 0 Å². The van der Waals surface area contributed by atoms with Crippen molar-refractivity contribution in [2.45, 2.75) is 56.5 Å². The van der Waals surface area contributed by atoms with Crippen molar-refractivity contribution in [2.24, 2.45) is 0 Å². The van der Waals surface area contributed by atoms with Gasteiger partial charge in [-0.25, -0.2) is 4.98 Å². The predicted octanol–water partition coefficient (Wildman–Crippen LogP) is 6.22. The number of rotatable bonds is 1. The third-order valence-electron chi connectivity index (χ3n) is 8.42. The van der Waals surface area contributed by atoms with Crippen molar-refractivity contribution >= 4 is 27.8 Å². The van der Waals surface area contributed by atoms with Gasteiger partial charge in [0.2, 0.25) is 5.71 Å². The van der Waals surface area contributed by atoms with Crippen LogP contribution in [-0.2, 0) is 11.0 Å². The van der Waals surface area contributed by atoms with Crippen molar-refractivity contribution in [3.8, 4) is 0 Å². The number of nitrogens with zero attached hydrogens (tertiary/aromatic N) is 2. The molecule has 2 aromatic heterocycles. The van der Waals surface area contributed by atoms with E-state index in [2.05, 4.69) is 66.2 Å². The molecule has 0 amide bonds. The number of anilines is 1. The average molecular weight is 380 g/mol. The number of fused-ring (bicyclic) bond motifs is 3. The summed E-state index contributed by atoms with van der Waals surface area (Å²) in [5.74, 6) is 0. The standard InChI is InChI=1S/C26H24N2O/c1-16-9-10-18-19-6-5-15-27-24(19)29-23(18)22(16)28-17(2)25-11-13-26(28,14-12-25)21-8-4-3-7-20(21)25/h3-10,15,17H,11-14H2,1-2H3. The maximum atomic E-state index is 6.41. The first-order chi connectivity index (χ1) is 14.2. The third-order valence-corrected chi connectivity index (χ3v) is 8.42. The van der Waals surface area contributed by atoms with E-state index >= 15 is 0 Å². The zero-order chi connectivity index (χ0) is 19.4. The SMILES string of the molecule is Cc1ccc2c(oc3ncccc32)c1N1C(C)C23CCC1(CC2)c1ccccc13. The number of piperidine rings is 2. The lowest BCUT2D eigenvalue weighted by atomic mass is 9.47. The Balaban J connectivity index is 1.57. The number of aryl methyl sites for hydroxylation is 1. The van der Waals surface area contributed by atoms with Gasteiger partial charge >= 0.3 is 0 Å². The Morgan fingerprint density at radius 3 is 2.55 bits per heavy atom. The second kappa shape index (κ2) is 5.02. The predicted molar refractivity (Wildman–Crippen MR) is 116 cm³/mol. The molecule has 6 aliphatic rings. The van der Waals surface area contributed by atoms with Crippen molar-refractivity contribution in [1.29, 1.82) is 0 Å². The normalized spacial score (nSPS) is 29.7. The molecule has 3 aliphatic carbocycles. The molecule has 3 heteroatoms. The van der Waals surface area contributed by atoms with Crippen LogP contribution in [0.3, 0.4) is 0 Å². The highest BCUT2D eigenvalue weighted by Gasteiger charge is 2.65. The van der Waals surface area contributed by atoms with Crippen molar-refractivity contribution in [1.82, 2.24) is 4.98 Å². The van der Waals surface area contributed by atoms with Crippen LogP contribution in [0.15, 0.2) is 59.1 Å². The van der Waals surface area contributed by atoms with Gasteiger partial charge < -0.3 is 9.32 Å². The summed E-state index contributed by atoms with van der Waals surface area (Å²) in [6.07, 6.45) is 6.90. The van der Waals surface area contributed by atoms with E-state index in [1.54, 1.807) is 11.1 Å². The Kier molecular flexibility index (Phi) is 2.78. The third kappa shape index (κ3) is 1.67. The molecule has 3 aliphatic heterocycles. The molecule has 1 atom stereocenters. The highest BCUT2D eigenvalue weighted by molar-refractivity contribution is 6.08. The van der Waals surface area contributed by atoms with Crippen LogP contribution >= 0.6 is 0 Å². The van der Waals surface area contributed by atoms with E-state index in [1.807, 2.05) is 12.3 Å². The quantitative estimate of drug-likeness (QED) is 0.393. The number of benzene rings is 2. The van der Waals surface area contributed by atoms with E-state index in [9.17, 15) is 0 Å². The summed E-state index contributed by atoms with van der Waals surface area (Å²) in [6, 6.07) is 18.3. The molecule has 5 heterocycles. The van der Waals surface area contributed by atoms with Crippen LogP contribution in [0.25, 0.3) is 22.1 Å². The van der Waals surface area contributed by atoms with Crippen LogP contribution in [0.4, 0.5) is 5.69 Å². The lowest BCUT2D eigenvalue weighted by Crippen LogP contribution is -2.72. The fourth-order valence-corrected chi connectivity index (χ4v) is 7.07. The molecule has 4 aromatic rings. The van der Waals surface area contributed by atoms with Gasteiger partial charge in [-0.15, -0.1) is 0 Å². The molecular formula is C26H24N2O. The Labute approximate surface area is 170 Å². The minimum Gasteiger partial charge on any atom is -0.436 e. The first kappa shape index (κ1) is 16.0.